The molecule has 0 aliphatic carbocycles. The van der Waals surface area contributed by atoms with E-state index in [1.807, 2.05) is 18.2 Å². The first-order valence-electron chi connectivity index (χ1n) is 5.27. The zero-order chi connectivity index (χ0) is 11.9. The molecule has 0 amide bonds. The van der Waals surface area contributed by atoms with Gasteiger partial charge in [-0.2, -0.15) is 4.39 Å². The van der Waals surface area contributed by atoms with E-state index in [0.29, 0.717) is 12.4 Å². The minimum absolute atomic E-state index is 0.490. The second-order valence-corrected chi connectivity index (χ2v) is 4.49. The normalized spacial score (nSPS) is 10.2. The number of hydrogen-bond donors (Lipinski definition) is 0. The highest BCUT2D eigenvalue weighted by Crippen LogP contribution is 2.17. The zero-order valence-electron chi connectivity index (χ0n) is 9.17. The molecule has 0 radical (unpaired) electrons. The number of thioether (sulfide) groups is 1. The summed E-state index contributed by atoms with van der Waals surface area (Å²) in [5, 5.41) is 0. The summed E-state index contributed by atoms with van der Waals surface area (Å²) in [5.74, 6) is 0.956. The Labute approximate surface area is 104 Å². The van der Waals surface area contributed by atoms with E-state index < -0.39 is 5.95 Å². The van der Waals surface area contributed by atoms with Gasteiger partial charge in [-0.1, -0.05) is 18.2 Å². The molecular weight excluding hydrogens is 237 g/mol. The summed E-state index contributed by atoms with van der Waals surface area (Å²) < 4.78 is 18.0. The van der Waals surface area contributed by atoms with E-state index in [-0.39, 0.29) is 0 Å². The number of aromatic nitrogens is 1. The van der Waals surface area contributed by atoms with Crippen LogP contribution in [0, 0.1) is 5.95 Å². The van der Waals surface area contributed by atoms with Gasteiger partial charge < -0.3 is 4.74 Å². The Bertz CT molecular complexity index is 447. The Morgan fingerprint density at radius 3 is 2.65 bits per heavy atom. The van der Waals surface area contributed by atoms with Crippen molar-refractivity contribution in [2.75, 3.05) is 12.4 Å². The molecule has 88 valence electrons. The Kier molecular flexibility index (Phi) is 4.38. The van der Waals surface area contributed by atoms with E-state index in [4.69, 9.17) is 4.74 Å². The Morgan fingerprint density at radius 2 is 1.94 bits per heavy atom. The third kappa shape index (κ3) is 4.07. The minimum Gasteiger partial charge on any atom is -0.491 e. The van der Waals surface area contributed by atoms with Crippen LogP contribution in [0.15, 0.2) is 53.6 Å². The van der Waals surface area contributed by atoms with E-state index in [0.717, 1.165) is 5.75 Å². The van der Waals surface area contributed by atoms with E-state index in [9.17, 15) is 4.39 Å². The Morgan fingerprint density at radius 1 is 1.12 bits per heavy atom. The van der Waals surface area contributed by atoms with Gasteiger partial charge in [0.25, 0.3) is 0 Å². The molecule has 2 aromatic rings. The van der Waals surface area contributed by atoms with Crippen LogP contribution in [-0.2, 0) is 0 Å². The molecule has 0 unspecified atom stereocenters. The predicted octanol–water partition coefficient (Wildman–Crippen LogP) is 3.39. The molecular formula is C13H12FNOS. The third-order valence-electron chi connectivity index (χ3n) is 2.06. The smallest absolute Gasteiger partial charge is 0.213 e. The molecule has 0 saturated heterocycles. The van der Waals surface area contributed by atoms with Crippen molar-refractivity contribution in [1.29, 1.82) is 0 Å². The van der Waals surface area contributed by atoms with Crippen molar-refractivity contribution in [3.05, 3.63) is 54.6 Å². The van der Waals surface area contributed by atoms with Gasteiger partial charge in [-0.25, -0.2) is 4.98 Å². The topological polar surface area (TPSA) is 22.1 Å². The number of halogens is 1. The van der Waals surface area contributed by atoms with E-state index >= 15 is 0 Å². The fraction of sp³-hybridized carbons (Fsp3) is 0.154. The second kappa shape index (κ2) is 6.25. The van der Waals surface area contributed by atoms with Gasteiger partial charge in [0, 0.05) is 10.6 Å². The molecule has 0 N–H and O–H groups in total. The number of rotatable bonds is 5. The van der Waals surface area contributed by atoms with Gasteiger partial charge in [0.2, 0.25) is 5.95 Å². The summed E-state index contributed by atoms with van der Waals surface area (Å²) >= 11 is 1.72. The van der Waals surface area contributed by atoms with Gasteiger partial charge in [-0.15, -0.1) is 11.8 Å². The van der Waals surface area contributed by atoms with Crippen LogP contribution < -0.4 is 4.74 Å². The maximum atomic E-state index is 12.5. The average molecular weight is 249 g/mol. The molecule has 4 heteroatoms. The van der Waals surface area contributed by atoms with Crippen molar-refractivity contribution >= 4 is 11.8 Å². The van der Waals surface area contributed by atoms with Crippen LogP contribution in [0.5, 0.6) is 5.75 Å². The van der Waals surface area contributed by atoms with Gasteiger partial charge >= 0.3 is 0 Å². The fourth-order valence-corrected chi connectivity index (χ4v) is 2.04. The SMILES string of the molecule is Fc1ccc(OCCSc2ccccc2)cn1. The Balaban J connectivity index is 1.71. The molecule has 0 aliphatic rings. The van der Waals surface area contributed by atoms with E-state index in [1.54, 1.807) is 17.8 Å². The molecule has 2 rings (SSSR count). The number of hydrogen-bond acceptors (Lipinski definition) is 3. The lowest BCUT2D eigenvalue weighted by molar-refractivity contribution is 0.341. The highest BCUT2D eigenvalue weighted by Gasteiger charge is 1.96. The summed E-state index contributed by atoms with van der Waals surface area (Å²) in [4.78, 5) is 4.73. The van der Waals surface area contributed by atoms with Crippen LogP contribution in [0.2, 0.25) is 0 Å². The molecule has 0 spiro atoms. The summed E-state index contributed by atoms with van der Waals surface area (Å²) in [6.07, 6.45) is 1.39. The van der Waals surface area contributed by atoms with Crippen molar-refractivity contribution < 1.29 is 9.13 Å². The van der Waals surface area contributed by atoms with Crippen LogP contribution in [0.25, 0.3) is 0 Å². The summed E-state index contributed by atoms with van der Waals surface area (Å²) in [5.41, 5.74) is 0. The molecule has 0 saturated carbocycles. The highest BCUT2D eigenvalue weighted by atomic mass is 32.2. The van der Waals surface area contributed by atoms with Crippen molar-refractivity contribution in [3.63, 3.8) is 0 Å². The highest BCUT2D eigenvalue weighted by molar-refractivity contribution is 7.99. The second-order valence-electron chi connectivity index (χ2n) is 3.33. The van der Waals surface area contributed by atoms with Crippen molar-refractivity contribution in [3.8, 4) is 5.75 Å². The summed E-state index contributed by atoms with van der Waals surface area (Å²) in [7, 11) is 0. The number of benzene rings is 1. The average Bonchev–Trinajstić information content (AvgIpc) is 2.38. The first kappa shape index (κ1) is 11.9. The molecule has 1 heterocycles. The van der Waals surface area contributed by atoms with Crippen LogP contribution in [-0.4, -0.2) is 17.3 Å². The van der Waals surface area contributed by atoms with Crippen LogP contribution in [0.4, 0.5) is 4.39 Å². The van der Waals surface area contributed by atoms with Gasteiger partial charge in [-0.3, -0.25) is 0 Å². The van der Waals surface area contributed by atoms with E-state index in [1.165, 1.54) is 17.2 Å². The molecule has 0 atom stereocenters. The standard InChI is InChI=1S/C13H12FNOS/c14-13-7-6-11(10-15-13)16-8-9-17-12-4-2-1-3-5-12/h1-7,10H,8-9H2. The Hall–Kier alpha value is -1.55. The molecule has 0 fully saturated rings. The quantitative estimate of drug-likeness (QED) is 0.460. The number of nitrogens with zero attached hydrogens (tertiary/aromatic N) is 1. The molecule has 0 bridgehead atoms. The third-order valence-corrected chi connectivity index (χ3v) is 3.04. The number of ether oxygens (including phenoxy) is 1. The largest absolute Gasteiger partial charge is 0.491 e. The van der Waals surface area contributed by atoms with Crippen molar-refractivity contribution in [1.82, 2.24) is 4.98 Å². The van der Waals surface area contributed by atoms with Crippen LogP contribution >= 0.6 is 11.8 Å². The summed E-state index contributed by atoms with van der Waals surface area (Å²) in [6.45, 7) is 0.576. The first-order chi connectivity index (χ1) is 8.34. The number of pyridine rings is 1. The molecule has 0 aliphatic heterocycles. The lowest BCUT2D eigenvalue weighted by Gasteiger charge is -2.05. The van der Waals surface area contributed by atoms with Gasteiger partial charge in [0.05, 0.1) is 12.8 Å². The van der Waals surface area contributed by atoms with Crippen LogP contribution in [0.1, 0.15) is 0 Å². The lowest BCUT2D eigenvalue weighted by atomic mass is 10.4. The van der Waals surface area contributed by atoms with Gasteiger partial charge in [0.15, 0.2) is 0 Å². The minimum atomic E-state index is -0.490. The van der Waals surface area contributed by atoms with Crippen LogP contribution in [0.3, 0.4) is 0 Å². The lowest BCUT2D eigenvalue weighted by Crippen LogP contribution is -2.00. The van der Waals surface area contributed by atoms with Crippen molar-refractivity contribution in [2.45, 2.75) is 4.90 Å². The maximum Gasteiger partial charge on any atom is 0.213 e. The molecule has 1 aromatic heterocycles. The van der Waals surface area contributed by atoms with Gasteiger partial charge in [0.1, 0.15) is 5.75 Å². The predicted molar refractivity (Wildman–Crippen MR) is 66.9 cm³/mol. The zero-order valence-corrected chi connectivity index (χ0v) is 9.99. The van der Waals surface area contributed by atoms with Gasteiger partial charge in [-0.05, 0) is 24.3 Å². The van der Waals surface area contributed by atoms with Crippen molar-refractivity contribution in [2.24, 2.45) is 0 Å². The molecule has 1 aromatic carbocycles. The molecule has 17 heavy (non-hydrogen) atoms. The molecule has 2 nitrogen and oxygen atoms in total. The fourth-order valence-electron chi connectivity index (χ4n) is 1.28. The first-order valence-corrected chi connectivity index (χ1v) is 6.25. The maximum absolute atomic E-state index is 12.5. The summed E-state index contributed by atoms with van der Waals surface area (Å²) in [6, 6.07) is 13.0. The monoisotopic (exact) mass is 249 g/mol. The van der Waals surface area contributed by atoms with E-state index in [2.05, 4.69) is 17.1 Å².